The van der Waals surface area contributed by atoms with Gasteiger partial charge in [0.05, 0.1) is 0 Å². The smallest absolute Gasteiger partial charge is 0.229 e. The van der Waals surface area contributed by atoms with Gasteiger partial charge in [0.15, 0.2) is 5.82 Å². The van der Waals surface area contributed by atoms with Crippen LogP contribution in [0.5, 0.6) is 0 Å². The lowest BCUT2D eigenvalue weighted by Crippen LogP contribution is -2.15. The summed E-state index contributed by atoms with van der Waals surface area (Å²) in [6.45, 7) is 6.26. The van der Waals surface area contributed by atoms with E-state index >= 15 is 0 Å². The fraction of sp³-hybridized carbons (Fsp3) is 0.818. The van der Waals surface area contributed by atoms with Gasteiger partial charge < -0.3 is 10.3 Å². The van der Waals surface area contributed by atoms with Crippen molar-refractivity contribution in [2.75, 3.05) is 0 Å². The van der Waals surface area contributed by atoms with Crippen molar-refractivity contribution in [3.63, 3.8) is 0 Å². The summed E-state index contributed by atoms with van der Waals surface area (Å²) in [5, 5.41) is 4.03. The Morgan fingerprint density at radius 3 is 2.53 bits per heavy atom. The van der Waals surface area contributed by atoms with Gasteiger partial charge in [-0.25, -0.2) is 0 Å². The Bertz CT molecular complexity index is 340. The van der Waals surface area contributed by atoms with E-state index in [4.69, 9.17) is 10.3 Å². The highest BCUT2D eigenvalue weighted by Crippen LogP contribution is 2.33. The van der Waals surface area contributed by atoms with E-state index in [1.165, 1.54) is 0 Å². The van der Waals surface area contributed by atoms with Crippen molar-refractivity contribution in [1.82, 2.24) is 10.1 Å². The Morgan fingerprint density at radius 1 is 1.33 bits per heavy atom. The summed E-state index contributed by atoms with van der Waals surface area (Å²) in [5.74, 6) is 1.94. The van der Waals surface area contributed by atoms with Gasteiger partial charge in [-0.2, -0.15) is 4.98 Å². The van der Waals surface area contributed by atoms with Crippen LogP contribution in [0.1, 0.15) is 57.7 Å². The number of hydrogen-bond donors (Lipinski definition) is 1. The van der Waals surface area contributed by atoms with Gasteiger partial charge in [0.25, 0.3) is 0 Å². The third kappa shape index (κ3) is 2.20. The summed E-state index contributed by atoms with van der Waals surface area (Å²) in [6.07, 6.45) is 3.12. The standard InChI is InChI=1S/C11H19N3O/c1-11(2,3)10-13-9(15-14-10)7-4-5-8(12)6-7/h7-8H,4-6,12H2,1-3H3/t7-,8+/m1/s1. The van der Waals surface area contributed by atoms with Gasteiger partial charge in [-0.15, -0.1) is 0 Å². The summed E-state index contributed by atoms with van der Waals surface area (Å²) in [4.78, 5) is 4.46. The lowest BCUT2D eigenvalue weighted by atomic mass is 9.96. The van der Waals surface area contributed by atoms with Crippen LogP contribution in [-0.2, 0) is 5.41 Å². The first-order valence-corrected chi connectivity index (χ1v) is 5.56. The average Bonchev–Trinajstić information content (AvgIpc) is 2.69. The topological polar surface area (TPSA) is 64.9 Å². The van der Waals surface area contributed by atoms with Crippen molar-refractivity contribution >= 4 is 0 Å². The Hall–Kier alpha value is -0.900. The van der Waals surface area contributed by atoms with E-state index in [9.17, 15) is 0 Å². The molecule has 0 saturated heterocycles. The normalized spacial score (nSPS) is 27.2. The molecule has 2 atom stereocenters. The highest BCUT2D eigenvalue weighted by Gasteiger charge is 2.29. The maximum absolute atomic E-state index is 5.87. The minimum atomic E-state index is -0.0392. The predicted octanol–water partition coefficient (Wildman–Crippen LogP) is 1.96. The molecule has 2 N–H and O–H groups in total. The minimum Gasteiger partial charge on any atom is -0.339 e. The summed E-state index contributed by atoms with van der Waals surface area (Å²) in [5.41, 5.74) is 5.83. The Balaban J connectivity index is 2.14. The Kier molecular flexibility index (Phi) is 2.54. The van der Waals surface area contributed by atoms with Crippen LogP contribution in [0.15, 0.2) is 4.52 Å². The van der Waals surface area contributed by atoms with Crippen LogP contribution in [0.4, 0.5) is 0 Å². The first-order chi connectivity index (χ1) is 6.97. The van der Waals surface area contributed by atoms with E-state index in [1.807, 2.05) is 0 Å². The van der Waals surface area contributed by atoms with Crippen LogP contribution >= 0.6 is 0 Å². The highest BCUT2D eigenvalue weighted by atomic mass is 16.5. The number of nitrogens with zero attached hydrogens (tertiary/aromatic N) is 2. The molecule has 1 saturated carbocycles. The third-order valence-corrected chi connectivity index (χ3v) is 2.93. The minimum absolute atomic E-state index is 0.0392. The molecule has 0 aromatic carbocycles. The van der Waals surface area contributed by atoms with Crippen LogP contribution < -0.4 is 5.73 Å². The van der Waals surface area contributed by atoms with E-state index < -0.39 is 0 Å². The van der Waals surface area contributed by atoms with Gasteiger partial charge in [-0.3, -0.25) is 0 Å². The van der Waals surface area contributed by atoms with Crippen molar-refractivity contribution in [2.24, 2.45) is 5.73 Å². The number of rotatable bonds is 1. The molecule has 0 unspecified atom stereocenters. The van der Waals surface area contributed by atoms with Crippen LogP contribution in [0, 0.1) is 0 Å². The Morgan fingerprint density at radius 2 is 2.07 bits per heavy atom. The van der Waals surface area contributed by atoms with Gasteiger partial charge in [0.1, 0.15) is 0 Å². The molecule has 0 amide bonds. The molecule has 0 spiro atoms. The van der Waals surface area contributed by atoms with Crippen molar-refractivity contribution < 1.29 is 4.52 Å². The largest absolute Gasteiger partial charge is 0.339 e. The summed E-state index contributed by atoms with van der Waals surface area (Å²) in [7, 11) is 0. The molecule has 0 bridgehead atoms. The third-order valence-electron chi connectivity index (χ3n) is 2.93. The SMILES string of the molecule is CC(C)(C)c1noc([C@@H]2CC[C@H](N)C2)n1. The fourth-order valence-electron chi connectivity index (χ4n) is 1.95. The second kappa shape index (κ2) is 3.59. The average molecular weight is 209 g/mol. The van der Waals surface area contributed by atoms with E-state index in [0.717, 1.165) is 31.0 Å². The molecule has 15 heavy (non-hydrogen) atoms. The second-order valence-electron chi connectivity index (χ2n) is 5.48. The van der Waals surface area contributed by atoms with Crippen LogP contribution in [0.25, 0.3) is 0 Å². The zero-order valence-corrected chi connectivity index (χ0v) is 9.66. The second-order valence-corrected chi connectivity index (χ2v) is 5.48. The highest BCUT2D eigenvalue weighted by molar-refractivity contribution is 5.04. The van der Waals surface area contributed by atoms with E-state index in [1.54, 1.807) is 0 Å². The van der Waals surface area contributed by atoms with Gasteiger partial charge in [-0.05, 0) is 19.3 Å². The first kappa shape index (κ1) is 10.6. The lowest BCUT2D eigenvalue weighted by molar-refractivity contribution is 0.342. The van der Waals surface area contributed by atoms with Crippen molar-refractivity contribution in [1.29, 1.82) is 0 Å². The molecule has 1 aromatic heterocycles. The molecule has 1 heterocycles. The molecule has 1 aliphatic carbocycles. The van der Waals surface area contributed by atoms with Gasteiger partial charge in [-0.1, -0.05) is 25.9 Å². The number of nitrogens with two attached hydrogens (primary N) is 1. The molecular formula is C11H19N3O. The lowest BCUT2D eigenvalue weighted by Gasteiger charge is -2.11. The monoisotopic (exact) mass is 209 g/mol. The zero-order valence-electron chi connectivity index (χ0n) is 9.66. The molecule has 84 valence electrons. The zero-order chi connectivity index (χ0) is 11.1. The summed E-state index contributed by atoms with van der Waals surface area (Å²) < 4.78 is 5.31. The summed E-state index contributed by atoms with van der Waals surface area (Å²) in [6, 6.07) is 0.306. The molecule has 0 radical (unpaired) electrons. The maximum Gasteiger partial charge on any atom is 0.229 e. The van der Waals surface area contributed by atoms with Crippen LogP contribution in [0.2, 0.25) is 0 Å². The van der Waals surface area contributed by atoms with Crippen molar-refractivity contribution in [2.45, 2.75) is 57.4 Å². The van der Waals surface area contributed by atoms with E-state index in [2.05, 4.69) is 30.9 Å². The van der Waals surface area contributed by atoms with Crippen molar-refractivity contribution in [3.8, 4) is 0 Å². The molecule has 0 aliphatic heterocycles. The number of hydrogen-bond acceptors (Lipinski definition) is 4. The molecule has 2 rings (SSSR count). The first-order valence-electron chi connectivity index (χ1n) is 5.56. The fourth-order valence-corrected chi connectivity index (χ4v) is 1.95. The molecule has 1 aliphatic rings. The van der Waals surface area contributed by atoms with Gasteiger partial charge in [0, 0.05) is 17.4 Å². The van der Waals surface area contributed by atoms with Gasteiger partial charge >= 0.3 is 0 Å². The van der Waals surface area contributed by atoms with E-state index in [-0.39, 0.29) is 5.41 Å². The van der Waals surface area contributed by atoms with Crippen LogP contribution in [-0.4, -0.2) is 16.2 Å². The quantitative estimate of drug-likeness (QED) is 0.768. The van der Waals surface area contributed by atoms with Crippen molar-refractivity contribution in [3.05, 3.63) is 11.7 Å². The molecule has 1 fully saturated rings. The Labute approximate surface area is 90.2 Å². The van der Waals surface area contributed by atoms with Crippen LogP contribution in [0.3, 0.4) is 0 Å². The molecular weight excluding hydrogens is 190 g/mol. The maximum atomic E-state index is 5.87. The molecule has 4 nitrogen and oxygen atoms in total. The van der Waals surface area contributed by atoms with E-state index in [0.29, 0.717) is 12.0 Å². The molecule has 1 aromatic rings. The number of aromatic nitrogens is 2. The van der Waals surface area contributed by atoms with Gasteiger partial charge in [0.2, 0.25) is 5.89 Å². The predicted molar refractivity (Wildman–Crippen MR) is 57.6 cm³/mol. The summed E-state index contributed by atoms with van der Waals surface area (Å²) >= 11 is 0. The molecule has 4 heteroatoms.